The molecule has 3 rings (SSSR count). The van der Waals surface area contributed by atoms with E-state index in [-0.39, 0.29) is 12.0 Å². The van der Waals surface area contributed by atoms with Crippen LogP contribution in [0.5, 0.6) is 0 Å². The minimum absolute atomic E-state index is 0.0659. The number of piperazine rings is 1. The summed E-state index contributed by atoms with van der Waals surface area (Å²) in [6, 6.07) is 0. The molecule has 1 N–H and O–H groups in total. The molecule has 132 valence electrons. The number of nitrogens with zero attached hydrogens (tertiary/aromatic N) is 3. The van der Waals surface area contributed by atoms with Crippen molar-refractivity contribution in [1.82, 2.24) is 14.7 Å². The van der Waals surface area contributed by atoms with E-state index >= 15 is 0 Å². The van der Waals surface area contributed by atoms with E-state index in [9.17, 15) is 9.90 Å². The number of morpholine rings is 1. The molecule has 2 aliphatic heterocycles. The van der Waals surface area contributed by atoms with E-state index < -0.39 is 5.60 Å². The van der Waals surface area contributed by atoms with Crippen molar-refractivity contribution in [2.45, 2.75) is 43.8 Å². The summed E-state index contributed by atoms with van der Waals surface area (Å²) >= 11 is 0. The number of amides is 1. The largest absolute Gasteiger partial charge is 0.380 e. The molecule has 1 saturated carbocycles. The first-order valence-electron chi connectivity index (χ1n) is 9.11. The third-order valence-corrected chi connectivity index (χ3v) is 5.56. The van der Waals surface area contributed by atoms with Gasteiger partial charge < -0.3 is 19.6 Å². The average Bonchev–Trinajstić information content (AvgIpc) is 2.57. The van der Waals surface area contributed by atoms with Gasteiger partial charge in [0.05, 0.1) is 12.7 Å². The van der Waals surface area contributed by atoms with Crippen LogP contribution in [-0.4, -0.2) is 96.9 Å². The first-order valence-corrected chi connectivity index (χ1v) is 9.11. The fourth-order valence-corrected chi connectivity index (χ4v) is 3.98. The lowest BCUT2D eigenvalue weighted by atomic mass is 9.83. The number of likely N-dealkylation sites (N-methyl/N-ethyl adjacent to an activating group) is 1. The maximum absolute atomic E-state index is 12.8. The van der Waals surface area contributed by atoms with Crippen molar-refractivity contribution in [3.63, 3.8) is 0 Å². The minimum atomic E-state index is -1.12. The second-order valence-electron chi connectivity index (χ2n) is 7.44. The van der Waals surface area contributed by atoms with E-state index in [2.05, 4.69) is 16.8 Å². The number of aliphatic hydroxyl groups is 1. The lowest BCUT2D eigenvalue weighted by molar-refractivity contribution is -0.162. The first-order chi connectivity index (χ1) is 11.1. The van der Waals surface area contributed by atoms with Crippen molar-refractivity contribution in [2.75, 3.05) is 59.5 Å². The van der Waals surface area contributed by atoms with E-state index in [4.69, 9.17) is 4.74 Å². The van der Waals surface area contributed by atoms with E-state index in [1.165, 1.54) is 0 Å². The average molecular weight is 325 g/mol. The normalized spacial score (nSPS) is 30.3. The molecule has 1 amide bonds. The van der Waals surface area contributed by atoms with Crippen LogP contribution in [0.4, 0.5) is 0 Å². The zero-order valence-electron chi connectivity index (χ0n) is 14.4. The predicted octanol–water partition coefficient (Wildman–Crippen LogP) is 0.156. The SMILES string of the molecule is CN1CCN(CC2CN(C(=O)C3(O)CCCCC3)CCO2)CC1. The summed E-state index contributed by atoms with van der Waals surface area (Å²) in [6.45, 7) is 7.01. The number of rotatable bonds is 3. The number of carbonyl (C=O) groups is 1. The molecule has 3 aliphatic rings. The molecule has 1 atom stereocenters. The van der Waals surface area contributed by atoms with Crippen molar-refractivity contribution in [1.29, 1.82) is 0 Å². The fraction of sp³-hybridized carbons (Fsp3) is 0.941. The summed E-state index contributed by atoms with van der Waals surface area (Å²) in [5.74, 6) is -0.0659. The molecule has 2 saturated heterocycles. The lowest BCUT2D eigenvalue weighted by Crippen LogP contribution is -2.57. The lowest BCUT2D eigenvalue weighted by Gasteiger charge is -2.41. The molecule has 6 heteroatoms. The van der Waals surface area contributed by atoms with E-state index in [1.807, 2.05) is 4.90 Å². The smallest absolute Gasteiger partial charge is 0.254 e. The first kappa shape index (κ1) is 17.1. The van der Waals surface area contributed by atoms with E-state index in [1.54, 1.807) is 0 Å². The number of hydrogen-bond donors (Lipinski definition) is 1. The Kier molecular flexibility index (Phi) is 5.57. The van der Waals surface area contributed by atoms with Crippen LogP contribution in [0.25, 0.3) is 0 Å². The van der Waals surface area contributed by atoms with Gasteiger partial charge in [0.2, 0.25) is 0 Å². The molecule has 2 heterocycles. The van der Waals surface area contributed by atoms with Crippen molar-refractivity contribution < 1.29 is 14.6 Å². The highest BCUT2D eigenvalue weighted by molar-refractivity contribution is 5.85. The molecule has 3 fully saturated rings. The molecule has 1 aliphatic carbocycles. The quantitative estimate of drug-likeness (QED) is 0.801. The summed E-state index contributed by atoms with van der Waals surface area (Å²) in [7, 11) is 2.15. The van der Waals surface area contributed by atoms with Gasteiger partial charge in [-0.05, 0) is 19.9 Å². The van der Waals surface area contributed by atoms with Gasteiger partial charge in [0.25, 0.3) is 5.91 Å². The molecule has 0 aromatic carbocycles. The van der Waals surface area contributed by atoms with Crippen LogP contribution < -0.4 is 0 Å². The fourth-order valence-electron chi connectivity index (χ4n) is 3.98. The molecule has 1 unspecified atom stereocenters. The molecule has 0 bridgehead atoms. The molecule has 0 radical (unpaired) electrons. The van der Waals surface area contributed by atoms with E-state index in [0.717, 1.165) is 52.0 Å². The minimum Gasteiger partial charge on any atom is -0.380 e. The molecule has 0 spiro atoms. The Morgan fingerprint density at radius 2 is 1.83 bits per heavy atom. The number of ether oxygens (including phenoxy) is 1. The maximum atomic E-state index is 12.8. The standard InChI is InChI=1S/C17H31N3O3/c1-18-7-9-19(10-8-18)13-15-14-20(11-12-23-15)16(21)17(22)5-3-2-4-6-17/h15,22H,2-14H2,1H3. The number of carbonyl (C=O) groups excluding carboxylic acids is 1. The van der Waals surface area contributed by atoms with Gasteiger partial charge in [-0.15, -0.1) is 0 Å². The van der Waals surface area contributed by atoms with Crippen LogP contribution in [0.1, 0.15) is 32.1 Å². The van der Waals surface area contributed by atoms with Crippen molar-refractivity contribution in [3.8, 4) is 0 Å². The predicted molar refractivity (Wildman–Crippen MR) is 88.3 cm³/mol. The van der Waals surface area contributed by atoms with Gasteiger partial charge in [0.1, 0.15) is 5.60 Å². The van der Waals surface area contributed by atoms with Crippen molar-refractivity contribution in [2.24, 2.45) is 0 Å². The topological polar surface area (TPSA) is 56.2 Å². The molecule has 23 heavy (non-hydrogen) atoms. The van der Waals surface area contributed by atoms with Crippen LogP contribution in [0, 0.1) is 0 Å². The molecule has 6 nitrogen and oxygen atoms in total. The van der Waals surface area contributed by atoms with Crippen LogP contribution in [-0.2, 0) is 9.53 Å². The summed E-state index contributed by atoms with van der Waals surface area (Å²) in [6.07, 6.45) is 4.35. The second-order valence-corrected chi connectivity index (χ2v) is 7.44. The van der Waals surface area contributed by atoms with Gasteiger partial charge in [-0.25, -0.2) is 0 Å². The summed E-state index contributed by atoms with van der Waals surface area (Å²) in [4.78, 5) is 19.4. The second kappa shape index (κ2) is 7.47. The maximum Gasteiger partial charge on any atom is 0.254 e. The molecule has 0 aromatic heterocycles. The zero-order valence-corrected chi connectivity index (χ0v) is 14.4. The molecule has 0 aromatic rings. The Balaban J connectivity index is 1.52. The highest BCUT2D eigenvalue weighted by atomic mass is 16.5. The van der Waals surface area contributed by atoms with Crippen LogP contribution in [0.15, 0.2) is 0 Å². The van der Waals surface area contributed by atoms with Crippen LogP contribution in [0.3, 0.4) is 0 Å². The highest BCUT2D eigenvalue weighted by Gasteiger charge is 2.41. The molecular formula is C17H31N3O3. The highest BCUT2D eigenvalue weighted by Crippen LogP contribution is 2.30. The third-order valence-electron chi connectivity index (χ3n) is 5.56. The zero-order chi connectivity index (χ0) is 16.3. The Labute approximate surface area is 139 Å². The third kappa shape index (κ3) is 4.24. The van der Waals surface area contributed by atoms with Crippen molar-refractivity contribution in [3.05, 3.63) is 0 Å². The Morgan fingerprint density at radius 3 is 2.52 bits per heavy atom. The van der Waals surface area contributed by atoms with Gasteiger partial charge in [-0.1, -0.05) is 19.3 Å². The van der Waals surface area contributed by atoms with Gasteiger partial charge in [0.15, 0.2) is 0 Å². The number of hydrogen-bond acceptors (Lipinski definition) is 5. The Bertz CT molecular complexity index is 404. The van der Waals surface area contributed by atoms with Gasteiger partial charge in [0, 0.05) is 45.8 Å². The Morgan fingerprint density at radius 1 is 1.13 bits per heavy atom. The van der Waals surface area contributed by atoms with Gasteiger partial charge in [-0.3, -0.25) is 9.69 Å². The molecular weight excluding hydrogens is 294 g/mol. The van der Waals surface area contributed by atoms with Crippen LogP contribution in [0.2, 0.25) is 0 Å². The summed E-state index contributed by atoms with van der Waals surface area (Å²) in [5.41, 5.74) is -1.12. The van der Waals surface area contributed by atoms with Crippen molar-refractivity contribution >= 4 is 5.91 Å². The van der Waals surface area contributed by atoms with Gasteiger partial charge >= 0.3 is 0 Å². The van der Waals surface area contributed by atoms with Gasteiger partial charge in [-0.2, -0.15) is 0 Å². The van der Waals surface area contributed by atoms with E-state index in [0.29, 0.717) is 32.5 Å². The Hall–Kier alpha value is -0.690. The summed E-state index contributed by atoms with van der Waals surface area (Å²) < 4.78 is 5.88. The summed E-state index contributed by atoms with van der Waals surface area (Å²) in [5, 5.41) is 10.7. The van der Waals surface area contributed by atoms with Crippen LogP contribution >= 0.6 is 0 Å². The monoisotopic (exact) mass is 325 g/mol.